The Hall–Kier alpha value is -1.26. The number of aliphatic imine (C=N–C) groups is 1. The van der Waals surface area contributed by atoms with E-state index in [9.17, 15) is 4.79 Å². The van der Waals surface area contributed by atoms with E-state index in [1.807, 2.05) is 20.8 Å². The molecule has 0 saturated carbocycles. The minimum absolute atomic E-state index is 0.0141. The molecule has 15 heavy (non-hydrogen) atoms. The van der Waals surface area contributed by atoms with Crippen molar-refractivity contribution in [2.24, 2.45) is 10.7 Å². The van der Waals surface area contributed by atoms with Crippen LogP contribution in [-0.2, 0) is 4.79 Å². The maximum Gasteiger partial charge on any atom is 0.216 e. The maximum atomic E-state index is 10.5. The van der Waals surface area contributed by atoms with E-state index in [0.717, 1.165) is 6.42 Å². The molecule has 0 aromatic carbocycles. The molecule has 0 rings (SSSR count). The molecule has 5 nitrogen and oxygen atoms in total. The van der Waals surface area contributed by atoms with Gasteiger partial charge in [0.1, 0.15) is 0 Å². The Balaban J connectivity index is 3.63. The van der Waals surface area contributed by atoms with Crippen molar-refractivity contribution in [2.45, 2.75) is 39.7 Å². The minimum atomic E-state index is -0.0643. The van der Waals surface area contributed by atoms with E-state index in [0.29, 0.717) is 19.0 Å². The molecule has 0 spiro atoms. The van der Waals surface area contributed by atoms with Crippen molar-refractivity contribution in [1.29, 1.82) is 0 Å². The van der Waals surface area contributed by atoms with E-state index in [-0.39, 0.29) is 11.4 Å². The van der Waals surface area contributed by atoms with Gasteiger partial charge in [0.2, 0.25) is 5.91 Å². The van der Waals surface area contributed by atoms with E-state index < -0.39 is 0 Å². The second-order valence-electron chi connectivity index (χ2n) is 4.48. The van der Waals surface area contributed by atoms with Gasteiger partial charge in [0.15, 0.2) is 5.96 Å². The Morgan fingerprint density at radius 1 is 1.40 bits per heavy atom. The van der Waals surface area contributed by atoms with Crippen LogP contribution in [-0.4, -0.2) is 30.5 Å². The lowest BCUT2D eigenvalue weighted by atomic mass is 10.1. The van der Waals surface area contributed by atoms with Gasteiger partial charge >= 0.3 is 0 Å². The van der Waals surface area contributed by atoms with Gasteiger partial charge in [-0.3, -0.25) is 9.79 Å². The van der Waals surface area contributed by atoms with Crippen LogP contribution in [0.25, 0.3) is 0 Å². The molecule has 0 bridgehead atoms. The highest BCUT2D eigenvalue weighted by Gasteiger charge is 2.09. The molecule has 0 unspecified atom stereocenters. The molecule has 1 amide bonds. The second-order valence-corrected chi connectivity index (χ2v) is 4.48. The number of hydrogen-bond acceptors (Lipinski definition) is 2. The summed E-state index contributed by atoms with van der Waals surface area (Å²) in [5.74, 6) is 0.435. The number of rotatable bonds is 4. The first-order chi connectivity index (χ1) is 6.81. The van der Waals surface area contributed by atoms with Gasteiger partial charge in [-0.15, -0.1) is 0 Å². The van der Waals surface area contributed by atoms with Crippen LogP contribution in [0.5, 0.6) is 0 Å². The lowest BCUT2D eigenvalue weighted by molar-refractivity contribution is -0.118. The molecular weight excluding hydrogens is 192 g/mol. The molecule has 0 aliphatic rings. The van der Waals surface area contributed by atoms with E-state index in [1.54, 1.807) is 0 Å². The van der Waals surface area contributed by atoms with Gasteiger partial charge in [-0.25, -0.2) is 0 Å². The summed E-state index contributed by atoms with van der Waals surface area (Å²) >= 11 is 0. The predicted molar refractivity (Wildman–Crippen MR) is 62.7 cm³/mol. The van der Waals surface area contributed by atoms with Crippen LogP contribution in [0, 0.1) is 0 Å². The molecule has 0 atom stereocenters. The lowest BCUT2D eigenvalue weighted by Gasteiger charge is -2.20. The van der Waals surface area contributed by atoms with Crippen molar-refractivity contribution in [3.05, 3.63) is 0 Å². The minimum Gasteiger partial charge on any atom is -0.370 e. The molecule has 0 radical (unpaired) electrons. The van der Waals surface area contributed by atoms with Crippen molar-refractivity contribution in [2.75, 3.05) is 13.1 Å². The average molecular weight is 214 g/mol. The van der Waals surface area contributed by atoms with Gasteiger partial charge in [-0.1, -0.05) is 0 Å². The normalized spacial score (nSPS) is 12.4. The van der Waals surface area contributed by atoms with Crippen molar-refractivity contribution in [1.82, 2.24) is 10.6 Å². The summed E-state index contributed by atoms with van der Waals surface area (Å²) in [6, 6.07) is 0. The van der Waals surface area contributed by atoms with Crippen molar-refractivity contribution in [3.8, 4) is 0 Å². The van der Waals surface area contributed by atoms with Crippen LogP contribution < -0.4 is 16.4 Å². The third-order valence-corrected chi connectivity index (χ3v) is 1.49. The monoisotopic (exact) mass is 214 g/mol. The third-order valence-electron chi connectivity index (χ3n) is 1.49. The number of amides is 1. The Kier molecular flexibility index (Phi) is 5.74. The average Bonchev–Trinajstić information content (AvgIpc) is 1.99. The summed E-state index contributed by atoms with van der Waals surface area (Å²) in [5, 5.41) is 5.76. The number of guanidine groups is 1. The number of nitrogens with two attached hydrogens (primary N) is 1. The molecule has 0 saturated heterocycles. The van der Waals surface area contributed by atoms with Crippen LogP contribution in [0.2, 0.25) is 0 Å². The van der Waals surface area contributed by atoms with Crippen LogP contribution in [0.1, 0.15) is 34.1 Å². The number of carbonyl (C=O) groups is 1. The van der Waals surface area contributed by atoms with Crippen molar-refractivity contribution < 1.29 is 4.79 Å². The summed E-state index contributed by atoms with van der Waals surface area (Å²) in [7, 11) is 0. The highest BCUT2D eigenvalue weighted by atomic mass is 16.1. The lowest BCUT2D eigenvalue weighted by Crippen LogP contribution is -2.45. The van der Waals surface area contributed by atoms with Gasteiger partial charge in [-0.05, 0) is 27.2 Å². The summed E-state index contributed by atoms with van der Waals surface area (Å²) in [4.78, 5) is 14.7. The topological polar surface area (TPSA) is 79.5 Å². The maximum absolute atomic E-state index is 10.5. The fourth-order valence-electron chi connectivity index (χ4n) is 0.967. The zero-order chi connectivity index (χ0) is 11.9. The summed E-state index contributed by atoms with van der Waals surface area (Å²) in [6.45, 7) is 8.82. The first-order valence-electron chi connectivity index (χ1n) is 5.14. The highest BCUT2D eigenvalue weighted by molar-refractivity contribution is 5.78. The van der Waals surface area contributed by atoms with Gasteiger partial charge in [0, 0.05) is 25.6 Å². The molecule has 0 aliphatic heterocycles. The molecule has 0 fully saturated rings. The Labute approximate surface area is 91.5 Å². The van der Waals surface area contributed by atoms with E-state index in [2.05, 4.69) is 15.6 Å². The fraction of sp³-hybridized carbons (Fsp3) is 0.800. The van der Waals surface area contributed by atoms with Crippen molar-refractivity contribution >= 4 is 11.9 Å². The largest absolute Gasteiger partial charge is 0.370 e. The molecular formula is C10H22N4O. The van der Waals surface area contributed by atoms with E-state index >= 15 is 0 Å². The fourth-order valence-corrected chi connectivity index (χ4v) is 0.967. The molecule has 0 aromatic rings. The number of nitrogens with one attached hydrogen (secondary N) is 2. The molecule has 4 N–H and O–H groups in total. The number of hydrogen-bond donors (Lipinski definition) is 3. The zero-order valence-corrected chi connectivity index (χ0v) is 10.1. The standard InChI is InChI=1S/C10H22N4O/c1-8(15)12-6-5-7-13-9(11)14-10(2,3)4/h5-7H2,1-4H3,(H,12,15)(H3,11,13,14). The quantitative estimate of drug-likeness (QED) is 0.356. The molecule has 0 heterocycles. The summed E-state index contributed by atoms with van der Waals surface area (Å²) < 4.78 is 0. The van der Waals surface area contributed by atoms with E-state index in [4.69, 9.17) is 5.73 Å². The second kappa shape index (κ2) is 6.27. The third kappa shape index (κ3) is 10.7. The summed E-state index contributed by atoms with van der Waals surface area (Å²) in [6.07, 6.45) is 0.798. The highest BCUT2D eigenvalue weighted by Crippen LogP contribution is 1.96. The molecule has 5 heteroatoms. The van der Waals surface area contributed by atoms with Crippen LogP contribution >= 0.6 is 0 Å². The first kappa shape index (κ1) is 13.7. The Bertz CT molecular complexity index is 230. The van der Waals surface area contributed by atoms with Crippen LogP contribution in [0.3, 0.4) is 0 Å². The van der Waals surface area contributed by atoms with Crippen molar-refractivity contribution in [3.63, 3.8) is 0 Å². The van der Waals surface area contributed by atoms with E-state index in [1.165, 1.54) is 6.92 Å². The molecule has 0 aliphatic carbocycles. The Morgan fingerprint density at radius 3 is 2.47 bits per heavy atom. The van der Waals surface area contributed by atoms with Gasteiger partial charge in [0.25, 0.3) is 0 Å². The van der Waals surface area contributed by atoms with Gasteiger partial charge < -0.3 is 16.4 Å². The Morgan fingerprint density at radius 2 is 2.00 bits per heavy atom. The molecule has 88 valence electrons. The number of nitrogens with zero attached hydrogens (tertiary/aromatic N) is 1. The summed E-state index contributed by atoms with van der Waals surface area (Å²) in [5.41, 5.74) is 5.59. The van der Waals surface area contributed by atoms with Gasteiger partial charge in [0.05, 0.1) is 0 Å². The zero-order valence-electron chi connectivity index (χ0n) is 10.1. The SMILES string of the molecule is CC(=O)NCCCN=C(N)NC(C)(C)C. The van der Waals surface area contributed by atoms with Crippen LogP contribution in [0.15, 0.2) is 4.99 Å². The smallest absolute Gasteiger partial charge is 0.216 e. The number of carbonyl (C=O) groups excluding carboxylic acids is 1. The molecule has 0 aromatic heterocycles. The van der Waals surface area contributed by atoms with Crippen LogP contribution in [0.4, 0.5) is 0 Å². The predicted octanol–water partition coefficient (Wildman–Crippen LogP) is 0.215. The van der Waals surface area contributed by atoms with Gasteiger partial charge in [-0.2, -0.15) is 0 Å². The first-order valence-corrected chi connectivity index (χ1v) is 5.14.